The Bertz CT molecular complexity index is 1040. The molecule has 1 aromatic heterocycles. The fourth-order valence-corrected chi connectivity index (χ4v) is 4.76. The van der Waals surface area contributed by atoms with Gasteiger partial charge in [-0.2, -0.15) is 0 Å². The molecule has 0 saturated heterocycles. The Morgan fingerprint density at radius 1 is 1.00 bits per heavy atom. The Balaban J connectivity index is 1.42. The zero-order valence-corrected chi connectivity index (χ0v) is 18.9. The van der Waals surface area contributed by atoms with E-state index in [1.807, 2.05) is 0 Å². The number of thiazole rings is 1. The molecule has 1 heterocycles. The molecular formula is C22H29N3O2S2. The maximum Gasteiger partial charge on any atom is 0.213 e. The molecule has 0 bridgehead atoms. The molecule has 0 amide bonds. The standard InChI is InChI=1S/C22H29N3O2S2/c1-16(2)29(26,27)24-14-6-4-5-13-23-19-10-8-18(9-11-19)22-25-20-12-7-17(3)15-21(20)28-22/h7-12,15-16,23-24H,4-6,13-14H2,1-3H3. The van der Waals surface area contributed by atoms with Crippen LogP contribution >= 0.6 is 11.3 Å². The lowest BCUT2D eigenvalue weighted by Crippen LogP contribution is -2.31. The Hall–Kier alpha value is -1.96. The van der Waals surface area contributed by atoms with Gasteiger partial charge in [-0.05, 0) is 75.6 Å². The first-order valence-corrected chi connectivity index (χ1v) is 12.4. The van der Waals surface area contributed by atoms with Crippen LogP contribution in [0.15, 0.2) is 42.5 Å². The molecule has 0 spiro atoms. The second-order valence-corrected chi connectivity index (χ2v) is 10.9. The van der Waals surface area contributed by atoms with Gasteiger partial charge in [-0.15, -0.1) is 11.3 Å². The largest absolute Gasteiger partial charge is 0.385 e. The number of fused-ring (bicyclic) bond motifs is 1. The second-order valence-electron chi connectivity index (χ2n) is 7.54. The van der Waals surface area contributed by atoms with E-state index in [1.54, 1.807) is 25.2 Å². The number of aromatic nitrogens is 1. The molecule has 3 rings (SSSR count). The first-order valence-electron chi connectivity index (χ1n) is 10.0. The van der Waals surface area contributed by atoms with E-state index in [2.05, 4.69) is 59.4 Å². The van der Waals surface area contributed by atoms with E-state index >= 15 is 0 Å². The topological polar surface area (TPSA) is 71.1 Å². The number of rotatable bonds is 10. The molecule has 0 aliphatic carbocycles. The molecule has 3 aromatic rings. The van der Waals surface area contributed by atoms with Gasteiger partial charge in [0.05, 0.1) is 15.5 Å². The maximum absolute atomic E-state index is 11.7. The highest BCUT2D eigenvalue weighted by Crippen LogP contribution is 2.31. The second kappa shape index (κ2) is 9.69. The van der Waals surface area contributed by atoms with Crippen LogP contribution in [0.1, 0.15) is 38.7 Å². The molecule has 156 valence electrons. The van der Waals surface area contributed by atoms with E-state index in [4.69, 9.17) is 4.98 Å². The summed E-state index contributed by atoms with van der Waals surface area (Å²) < 4.78 is 27.2. The molecule has 0 unspecified atom stereocenters. The van der Waals surface area contributed by atoms with E-state index in [0.717, 1.165) is 47.6 Å². The van der Waals surface area contributed by atoms with Crippen LogP contribution in [-0.4, -0.2) is 31.7 Å². The van der Waals surface area contributed by atoms with E-state index in [-0.39, 0.29) is 5.25 Å². The zero-order chi connectivity index (χ0) is 20.9. The number of hydrogen-bond acceptors (Lipinski definition) is 5. The summed E-state index contributed by atoms with van der Waals surface area (Å²) in [4.78, 5) is 4.74. The Morgan fingerprint density at radius 2 is 1.72 bits per heavy atom. The number of unbranched alkanes of at least 4 members (excludes halogenated alkanes) is 2. The van der Waals surface area contributed by atoms with Crippen LogP contribution in [-0.2, 0) is 10.0 Å². The molecule has 29 heavy (non-hydrogen) atoms. The predicted molar refractivity (Wildman–Crippen MR) is 124 cm³/mol. The number of aryl methyl sites for hydroxylation is 1. The van der Waals surface area contributed by atoms with Gasteiger partial charge in [0.2, 0.25) is 10.0 Å². The van der Waals surface area contributed by atoms with Crippen LogP contribution in [0.25, 0.3) is 20.8 Å². The molecule has 0 radical (unpaired) electrons. The van der Waals surface area contributed by atoms with Crippen molar-refractivity contribution in [2.45, 2.75) is 45.3 Å². The van der Waals surface area contributed by atoms with Crippen molar-refractivity contribution in [3.63, 3.8) is 0 Å². The van der Waals surface area contributed by atoms with Crippen LogP contribution < -0.4 is 10.0 Å². The average molecular weight is 432 g/mol. The van der Waals surface area contributed by atoms with Crippen molar-refractivity contribution in [3.05, 3.63) is 48.0 Å². The summed E-state index contributed by atoms with van der Waals surface area (Å²) in [5, 5.41) is 4.09. The first kappa shape index (κ1) is 21.7. The normalized spacial score (nSPS) is 12.0. The summed E-state index contributed by atoms with van der Waals surface area (Å²) in [5.41, 5.74) is 4.52. The monoisotopic (exact) mass is 431 g/mol. The molecule has 5 nitrogen and oxygen atoms in total. The SMILES string of the molecule is Cc1ccc2nc(-c3ccc(NCCCCCNS(=O)(=O)C(C)C)cc3)sc2c1. The predicted octanol–water partition coefficient (Wildman–Crippen LogP) is 5.18. The van der Waals surface area contributed by atoms with Gasteiger partial charge >= 0.3 is 0 Å². The third-order valence-corrected chi connectivity index (χ3v) is 7.70. The lowest BCUT2D eigenvalue weighted by molar-refractivity contribution is 0.566. The Kier molecular flexibility index (Phi) is 7.27. The molecule has 0 aliphatic rings. The highest BCUT2D eigenvalue weighted by Gasteiger charge is 2.13. The van der Waals surface area contributed by atoms with E-state index < -0.39 is 10.0 Å². The minimum atomic E-state index is -3.14. The van der Waals surface area contributed by atoms with Crippen LogP contribution in [0.5, 0.6) is 0 Å². The van der Waals surface area contributed by atoms with Crippen molar-refractivity contribution >= 4 is 37.3 Å². The van der Waals surface area contributed by atoms with Gasteiger partial charge in [0.15, 0.2) is 0 Å². The van der Waals surface area contributed by atoms with Crippen LogP contribution in [0, 0.1) is 6.92 Å². The zero-order valence-electron chi connectivity index (χ0n) is 17.2. The average Bonchev–Trinajstić information content (AvgIpc) is 3.10. The van der Waals surface area contributed by atoms with E-state index in [9.17, 15) is 8.42 Å². The highest BCUT2D eigenvalue weighted by molar-refractivity contribution is 7.90. The maximum atomic E-state index is 11.7. The number of hydrogen-bond donors (Lipinski definition) is 2. The lowest BCUT2D eigenvalue weighted by Gasteiger charge is -2.10. The van der Waals surface area contributed by atoms with Crippen LogP contribution in [0.2, 0.25) is 0 Å². The molecule has 2 N–H and O–H groups in total. The van der Waals surface area contributed by atoms with Crippen molar-refractivity contribution in [2.24, 2.45) is 0 Å². The minimum Gasteiger partial charge on any atom is -0.385 e. The van der Waals surface area contributed by atoms with Crippen molar-refractivity contribution < 1.29 is 8.42 Å². The fourth-order valence-electron chi connectivity index (χ4n) is 2.93. The lowest BCUT2D eigenvalue weighted by atomic mass is 10.2. The third-order valence-electron chi connectivity index (χ3n) is 4.78. The molecule has 2 aromatic carbocycles. The third kappa shape index (κ3) is 6.01. The van der Waals surface area contributed by atoms with Crippen molar-refractivity contribution in [3.8, 4) is 10.6 Å². The number of nitrogens with one attached hydrogen (secondary N) is 2. The van der Waals surface area contributed by atoms with Gasteiger partial charge in [-0.25, -0.2) is 18.1 Å². The Morgan fingerprint density at radius 3 is 2.45 bits per heavy atom. The summed E-state index contributed by atoms with van der Waals surface area (Å²) in [6, 6.07) is 14.7. The molecule has 0 aliphatic heterocycles. The van der Waals surface area contributed by atoms with Crippen molar-refractivity contribution in [1.82, 2.24) is 9.71 Å². The van der Waals surface area contributed by atoms with Gasteiger partial charge in [0, 0.05) is 24.3 Å². The number of anilines is 1. The number of sulfonamides is 1. The number of benzene rings is 2. The van der Waals surface area contributed by atoms with E-state index in [0.29, 0.717) is 6.54 Å². The highest BCUT2D eigenvalue weighted by atomic mass is 32.2. The number of nitrogens with zero attached hydrogens (tertiary/aromatic N) is 1. The van der Waals surface area contributed by atoms with E-state index in [1.165, 1.54) is 10.3 Å². The molecule has 0 atom stereocenters. The van der Waals surface area contributed by atoms with Gasteiger partial charge in [0.1, 0.15) is 5.01 Å². The summed E-state index contributed by atoms with van der Waals surface area (Å²) in [7, 11) is -3.14. The van der Waals surface area contributed by atoms with Gasteiger partial charge in [0.25, 0.3) is 0 Å². The van der Waals surface area contributed by atoms with Gasteiger partial charge in [-0.1, -0.05) is 12.5 Å². The minimum absolute atomic E-state index is 0.376. The summed E-state index contributed by atoms with van der Waals surface area (Å²) in [6.07, 6.45) is 2.84. The molecule has 7 heteroatoms. The smallest absolute Gasteiger partial charge is 0.213 e. The quantitative estimate of drug-likeness (QED) is 0.434. The van der Waals surface area contributed by atoms with Gasteiger partial charge < -0.3 is 5.32 Å². The summed E-state index contributed by atoms with van der Waals surface area (Å²) in [5.74, 6) is 0. The van der Waals surface area contributed by atoms with Crippen molar-refractivity contribution in [1.29, 1.82) is 0 Å². The summed E-state index contributed by atoms with van der Waals surface area (Å²) >= 11 is 1.72. The van der Waals surface area contributed by atoms with Crippen LogP contribution in [0.3, 0.4) is 0 Å². The first-order chi connectivity index (χ1) is 13.8. The molecule has 0 fully saturated rings. The molecule has 0 saturated carbocycles. The van der Waals surface area contributed by atoms with Crippen LogP contribution in [0.4, 0.5) is 5.69 Å². The Labute approximate surface area is 177 Å². The fraction of sp³-hybridized carbons (Fsp3) is 0.409. The van der Waals surface area contributed by atoms with Crippen molar-refractivity contribution in [2.75, 3.05) is 18.4 Å². The summed E-state index contributed by atoms with van der Waals surface area (Å²) in [6.45, 7) is 6.86. The molecular weight excluding hydrogens is 402 g/mol. The van der Waals surface area contributed by atoms with Gasteiger partial charge in [-0.3, -0.25) is 0 Å².